The van der Waals surface area contributed by atoms with Crippen LogP contribution in [-0.4, -0.2) is 18.1 Å². The first-order valence-electron chi connectivity index (χ1n) is 5.53. The Morgan fingerprint density at radius 2 is 2.19 bits per heavy atom. The van der Waals surface area contributed by atoms with E-state index < -0.39 is 0 Å². The number of carbonyl (C=O) groups excluding carboxylic acids is 1. The van der Waals surface area contributed by atoms with Gasteiger partial charge >= 0.3 is 6.03 Å². The first kappa shape index (κ1) is 11.0. The topological polar surface area (TPSA) is 67.2 Å². The molecule has 4 N–H and O–H groups in total. The number of amides is 2. The Kier molecular flexibility index (Phi) is 3.10. The lowest BCUT2D eigenvalue weighted by molar-refractivity contribution is 0.234. The molecule has 0 heterocycles. The molecule has 1 aromatic carbocycles. The lowest BCUT2D eigenvalue weighted by atomic mass is 9.88. The third kappa shape index (κ3) is 2.73. The average Bonchev–Trinajstić information content (AvgIpc) is 2.15. The van der Waals surface area contributed by atoms with Crippen molar-refractivity contribution in [2.75, 3.05) is 5.32 Å². The van der Waals surface area contributed by atoms with Crippen molar-refractivity contribution in [2.24, 2.45) is 5.73 Å². The summed E-state index contributed by atoms with van der Waals surface area (Å²) in [6.07, 6.45) is 1.75. The Balaban J connectivity index is 1.83. The molecular formula is C12H17N3O. The minimum Gasteiger partial charge on any atom is -0.335 e. The van der Waals surface area contributed by atoms with Gasteiger partial charge in [0.1, 0.15) is 0 Å². The van der Waals surface area contributed by atoms with Crippen LogP contribution >= 0.6 is 0 Å². The van der Waals surface area contributed by atoms with Crippen LogP contribution in [0, 0.1) is 6.92 Å². The standard InChI is InChI=1S/C12H17N3O/c1-8-3-2-4-10(5-8)14-12(16)15-11-6-9(13)7-11/h2-5,9,11H,6-7,13H2,1H3,(H2,14,15,16). The Labute approximate surface area is 95.2 Å². The molecule has 0 aromatic heterocycles. The Morgan fingerprint density at radius 1 is 1.44 bits per heavy atom. The molecule has 0 bridgehead atoms. The third-order valence-corrected chi connectivity index (χ3v) is 2.79. The maximum absolute atomic E-state index is 11.6. The molecule has 4 heteroatoms. The van der Waals surface area contributed by atoms with Crippen molar-refractivity contribution in [3.8, 4) is 0 Å². The zero-order valence-corrected chi connectivity index (χ0v) is 9.36. The van der Waals surface area contributed by atoms with E-state index in [9.17, 15) is 4.79 Å². The third-order valence-electron chi connectivity index (χ3n) is 2.79. The molecular weight excluding hydrogens is 202 g/mol. The zero-order valence-electron chi connectivity index (χ0n) is 9.36. The molecule has 1 aliphatic carbocycles. The summed E-state index contributed by atoms with van der Waals surface area (Å²) in [4.78, 5) is 11.6. The number of benzene rings is 1. The number of nitrogens with one attached hydrogen (secondary N) is 2. The Hall–Kier alpha value is -1.55. The van der Waals surface area contributed by atoms with E-state index in [-0.39, 0.29) is 18.1 Å². The van der Waals surface area contributed by atoms with Crippen molar-refractivity contribution in [3.05, 3.63) is 29.8 Å². The van der Waals surface area contributed by atoms with Crippen LogP contribution in [0.5, 0.6) is 0 Å². The van der Waals surface area contributed by atoms with Gasteiger partial charge in [-0.1, -0.05) is 12.1 Å². The summed E-state index contributed by atoms with van der Waals surface area (Å²) >= 11 is 0. The highest BCUT2D eigenvalue weighted by Crippen LogP contribution is 2.17. The number of hydrogen-bond donors (Lipinski definition) is 3. The van der Waals surface area contributed by atoms with E-state index >= 15 is 0 Å². The van der Waals surface area contributed by atoms with Crippen LogP contribution in [0.15, 0.2) is 24.3 Å². The fourth-order valence-corrected chi connectivity index (χ4v) is 1.86. The summed E-state index contributed by atoms with van der Waals surface area (Å²) in [6, 6.07) is 8.07. The Bertz CT molecular complexity index is 386. The fourth-order valence-electron chi connectivity index (χ4n) is 1.86. The van der Waals surface area contributed by atoms with Gasteiger partial charge in [-0.05, 0) is 37.5 Å². The predicted octanol–water partition coefficient (Wildman–Crippen LogP) is 1.61. The molecule has 0 atom stereocenters. The van der Waals surface area contributed by atoms with Crippen LogP contribution in [0.25, 0.3) is 0 Å². The van der Waals surface area contributed by atoms with Gasteiger partial charge in [-0.2, -0.15) is 0 Å². The molecule has 0 aliphatic heterocycles. The van der Waals surface area contributed by atoms with Crippen molar-refractivity contribution in [1.82, 2.24) is 5.32 Å². The van der Waals surface area contributed by atoms with Crippen molar-refractivity contribution in [3.63, 3.8) is 0 Å². The monoisotopic (exact) mass is 219 g/mol. The summed E-state index contributed by atoms with van der Waals surface area (Å²) in [5.74, 6) is 0. The van der Waals surface area contributed by atoms with Crippen LogP contribution in [0.4, 0.5) is 10.5 Å². The Morgan fingerprint density at radius 3 is 2.81 bits per heavy atom. The molecule has 2 amide bonds. The highest BCUT2D eigenvalue weighted by atomic mass is 16.2. The minimum atomic E-state index is -0.150. The van der Waals surface area contributed by atoms with Crippen LogP contribution in [0.3, 0.4) is 0 Å². The maximum atomic E-state index is 11.6. The molecule has 4 nitrogen and oxygen atoms in total. The van der Waals surface area contributed by atoms with Gasteiger partial charge in [0.15, 0.2) is 0 Å². The van der Waals surface area contributed by atoms with E-state index in [1.807, 2.05) is 31.2 Å². The van der Waals surface area contributed by atoms with Gasteiger partial charge in [-0.3, -0.25) is 0 Å². The van der Waals surface area contributed by atoms with Gasteiger partial charge in [-0.25, -0.2) is 4.79 Å². The van der Waals surface area contributed by atoms with E-state index in [2.05, 4.69) is 10.6 Å². The van der Waals surface area contributed by atoms with Crippen molar-refractivity contribution >= 4 is 11.7 Å². The lowest BCUT2D eigenvalue weighted by Crippen LogP contribution is -2.51. The van der Waals surface area contributed by atoms with E-state index in [4.69, 9.17) is 5.73 Å². The molecule has 2 rings (SSSR count). The van der Waals surface area contributed by atoms with Crippen molar-refractivity contribution < 1.29 is 4.79 Å². The summed E-state index contributed by atoms with van der Waals surface area (Å²) in [5, 5.41) is 5.69. The first-order chi connectivity index (χ1) is 7.63. The van der Waals surface area contributed by atoms with Crippen molar-refractivity contribution in [1.29, 1.82) is 0 Å². The zero-order chi connectivity index (χ0) is 11.5. The smallest absolute Gasteiger partial charge is 0.319 e. The summed E-state index contributed by atoms with van der Waals surface area (Å²) in [5.41, 5.74) is 7.59. The van der Waals surface area contributed by atoms with Gasteiger partial charge in [0.25, 0.3) is 0 Å². The van der Waals surface area contributed by atoms with Gasteiger partial charge in [0.2, 0.25) is 0 Å². The summed E-state index contributed by atoms with van der Waals surface area (Å²) in [7, 11) is 0. The predicted molar refractivity (Wildman–Crippen MR) is 64.3 cm³/mol. The largest absolute Gasteiger partial charge is 0.335 e. The van der Waals surface area contributed by atoms with E-state index in [1.54, 1.807) is 0 Å². The van der Waals surface area contributed by atoms with Crippen LogP contribution in [0.1, 0.15) is 18.4 Å². The van der Waals surface area contributed by atoms with Gasteiger partial charge in [0, 0.05) is 17.8 Å². The molecule has 0 radical (unpaired) electrons. The number of urea groups is 1. The van der Waals surface area contributed by atoms with Crippen LogP contribution in [0.2, 0.25) is 0 Å². The quantitative estimate of drug-likeness (QED) is 0.707. The fraction of sp³-hybridized carbons (Fsp3) is 0.417. The first-order valence-corrected chi connectivity index (χ1v) is 5.53. The van der Waals surface area contributed by atoms with Crippen LogP contribution < -0.4 is 16.4 Å². The molecule has 86 valence electrons. The number of nitrogens with two attached hydrogens (primary N) is 1. The van der Waals surface area contributed by atoms with E-state index in [0.29, 0.717) is 0 Å². The second kappa shape index (κ2) is 4.53. The molecule has 1 aliphatic rings. The molecule has 1 aromatic rings. The summed E-state index contributed by atoms with van der Waals surface area (Å²) in [6.45, 7) is 1.99. The highest BCUT2D eigenvalue weighted by Gasteiger charge is 2.26. The molecule has 16 heavy (non-hydrogen) atoms. The molecule has 1 fully saturated rings. The molecule has 0 unspecified atom stereocenters. The number of hydrogen-bond acceptors (Lipinski definition) is 2. The molecule has 1 saturated carbocycles. The van der Waals surface area contributed by atoms with E-state index in [0.717, 1.165) is 24.1 Å². The van der Waals surface area contributed by atoms with Gasteiger partial charge in [0.05, 0.1) is 0 Å². The second-order valence-corrected chi connectivity index (χ2v) is 4.40. The maximum Gasteiger partial charge on any atom is 0.319 e. The number of carbonyl (C=O) groups is 1. The van der Waals surface area contributed by atoms with Gasteiger partial charge < -0.3 is 16.4 Å². The minimum absolute atomic E-state index is 0.150. The van der Waals surface area contributed by atoms with Gasteiger partial charge in [-0.15, -0.1) is 0 Å². The molecule has 0 spiro atoms. The average molecular weight is 219 g/mol. The summed E-state index contributed by atoms with van der Waals surface area (Å²) < 4.78 is 0. The SMILES string of the molecule is Cc1cccc(NC(=O)NC2CC(N)C2)c1. The molecule has 0 saturated heterocycles. The van der Waals surface area contributed by atoms with Crippen LogP contribution in [-0.2, 0) is 0 Å². The number of rotatable bonds is 2. The van der Waals surface area contributed by atoms with E-state index in [1.165, 1.54) is 0 Å². The second-order valence-electron chi connectivity index (χ2n) is 4.40. The van der Waals surface area contributed by atoms with Crippen molar-refractivity contribution in [2.45, 2.75) is 31.8 Å². The highest BCUT2D eigenvalue weighted by molar-refractivity contribution is 5.89. The number of aryl methyl sites for hydroxylation is 1. The number of anilines is 1. The lowest BCUT2D eigenvalue weighted by Gasteiger charge is -2.32. The normalized spacial score (nSPS) is 23.4.